The van der Waals surface area contributed by atoms with Crippen molar-refractivity contribution in [2.45, 2.75) is 59.5 Å². The lowest BCUT2D eigenvalue weighted by atomic mass is 10.2. The molecule has 0 aromatic heterocycles. The van der Waals surface area contributed by atoms with Crippen molar-refractivity contribution in [3.8, 4) is 5.75 Å². The van der Waals surface area contributed by atoms with Gasteiger partial charge in [0.15, 0.2) is 6.29 Å². The average Bonchev–Trinajstić information content (AvgIpc) is 2.45. The highest BCUT2D eigenvalue weighted by Crippen LogP contribution is 2.15. The highest BCUT2D eigenvalue weighted by atomic mass is 16.6. The van der Waals surface area contributed by atoms with E-state index < -0.39 is 12.4 Å². The van der Waals surface area contributed by atoms with Crippen molar-refractivity contribution >= 4 is 5.97 Å². The van der Waals surface area contributed by atoms with Crippen LogP contribution in [0.1, 0.15) is 39.7 Å². The summed E-state index contributed by atoms with van der Waals surface area (Å²) in [7, 11) is 0. The zero-order chi connectivity index (χ0) is 17.4. The number of benzene rings is 1. The third-order valence-electron chi connectivity index (χ3n) is 3.12. The maximum absolute atomic E-state index is 11.8. The van der Waals surface area contributed by atoms with E-state index >= 15 is 0 Å². The molecule has 0 fully saturated rings. The van der Waals surface area contributed by atoms with Gasteiger partial charge in [-0.15, -0.1) is 0 Å². The number of esters is 1. The molecular formula is C18H28O5. The van der Waals surface area contributed by atoms with E-state index in [9.17, 15) is 9.90 Å². The lowest BCUT2D eigenvalue weighted by Gasteiger charge is -2.23. The number of ether oxygens (including phenoxy) is 3. The molecule has 1 aromatic rings. The quantitative estimate of drug-likeness (QED) is 0.558. The Morgan fingerprint density at radius 3 is 2.26 bits per heavy atom. The number of carbonyl (C=O) groups excluding carboxylic acids is 1. The van der Waals surface area contributed by atoms with Crippen molar-refractivity contribution in [3.05, 3.63) is 29.8 Å². The Bertz CT molecular complexity index is 467. The van der Waals surface area contributed by atoms with Crippen molar-refractivity contribution in [1.29, 1.82) is 0 Å². The minimum atomic E-state index is -0.950. The first kappa shape index (κ1) is 19.5. The van der Waals surface area contributed by atoms with Crippen LogP contribution < -0.4 is 4.74 Å². The first-order chi connectivity index (χ1) is 10.8. The molecule has 2 unspecified atom stereocenters. The second kappa shape index (κ2) is 9.53. The smallest absolute Gasteiger partial charge is 0.308 e. The van der Waals surface area contributed by atoms with E-state index in [1.165, 1.54) is 0 Å². The molecule has 130 valence electrons. The Labute approximate surface area is 138 Å². The van der Waals surface area contributed by atoms with Crippen molar-refractivity contribution in [2.75, 3.05) is 6.61 Å². The van der Waals surface area contributed by atoms with E-state index in [0.717, 1.165) is 5.56 Å². The van der Waals surface area contributed by atoms with Gasteiger partial charge in [-0.1, -0.05) is 31.5 Å². The molecule has 1 N–H and O–H groups in total. The summed E-state index contributed by atoms with van der Waals surface area (Å²) >= 11 is 0. The number of carbonyl (C=O) groups is 1. The predicted octanol–water partition coefficient (Wildman–Crippen LogP) is 3.08. The van der Waals surface area contributed by atoms with Crippen LogP contribution in [0.25, 0.3) is 0 Å². The normalized spacial score (nSPS) is 13.9. The van der Waals surface area contributed by atoms with E-state index in [0.29, 0.717) is 5.75 Å². The molecule has 1 aromatic carbocycles. The zero-order valence-corrected chi connectivity index (χ0v) is 14.6. The largest absolute Gasteiger partial charge is 0.491 e. The molecule has 2 atom stereocenters. The fourth-order valence-corrected chi connectivity index (χ4v) is 1.82. The minimum absolute atomic E-state index is 0.0355. The van der Waals surface area contributed by atoms with Gasteiger partial charge in [0, 0.05) is 5.92 Å². The number of hydrogen-bond donors (Lipinski definition) is 1. The molecule has 0 spiro atoms. The summed E-state index contributed by atoms with van der Waals surface area (Å²) in [5.74, 6) is 0.256. The summed E-state index contributed by atoms with van der Waals surface area (Å²) in [6.45, 7) is 9.43. The van der Waals surface area contributed by atoms with Crippen molar-refractivity contribution in [1.82, 2.24) is 0 Å². The number of rotatable bonds is 9. The van der Waals surface area contributed by atoms with E-state index in [1.807, 2.05) is 45.0 Å². The Kier molecular flexibility index (Phi) is 8.06. The summed E-state index contributed by atoms with van der Waals surface area (Å²) in [4.78, 5) is 11.8. The van der Waals surface area contributed by atoms with Gasteiger partial charge in [-0.25, -0.2) is 0 Å². The highest BCUT2D eigenvalue weighted by molar-refractivity contribution is 5.70. The molecule has 5 nitrogen and oxygen atoms in total. The zero-order valence-electron chi connectivity index (χ0n) is 14.6. The van der Waals surface area contributed by atoms with Gasteiger partial charge in [-0.2, -0.15) is 0 Å². The van der Waals surface area contributed by atoms with Crippen molar-refractivity contribution < 1.29 is 24.1 Å². The third-order valence-corrected chi connectivity index (χ3v) is 3.12. The van der Waals surface area contributed by atoms with E-state index in [4.69, 9.17) is 14.2 Å². The predicted molar refractivity (Wildman–Crippen MR) is 88.2 cm³/mol. The van der Waals surface area contributed by atoms with Crippen LogP contribution in [0.15, 0.2) is 24.3 Å². The molecule has 0 heterocycles. The number of aliphatic hydroxyl groups excluding tert-OH is 1. The van der Waals surface area contributed by atoms with Gasteiger partial charge in [0.1, 0.15) is 18.5 Å². The molecular weight excluding hydrogens is 296 g/mol. The van der Waals surface area contributed by atoms with Crippen LogP contribution in [0, 0.1) is 12.8 Å². The summed E-state index contributed by atoms with van der Waals surface area (Å²) < 4.78 is 16.3. The van der Waals surface area contributed by atoms with Gasteiger partial charge >= 0.3 is 5.97 Å². The van der Waals surface area contributed by atoms with Gasteiger partial charge < -0.3 is 19.3 Å². The molecule has 0 radical (unpaired) electrons. The fraction of sp³-hybridized carbons (Fsp3) is 0.611. The molecule has 0 saturated carbocycles. The molecule has 0 aliphatic rings. The summed E-state index contributed by atoms with van der Waals surface area (Å²) in [5.41, 5.74) is 1.14. The number of hydrogen-bond acceptors (Lipinski definition) is 5. The second-order valence-corrected chi connectivity index (χ2v) is 6.26. The maximum Gasteiger partial charge on any atom is 0.308 e. The summed E-state index contributed by atoms with van der Waals surface area (Å²) in [5, 5.41) is 9.90. The highest BCUT2D eigenvalue weighted by Gasteiger charge is 2.22. The number of aliphatic hydroxyl groups is 1. The lowest BCUT2D eigenvalue weighted by Crippen LogP contribution is -2.33. The molecule has 23 heavy (non-hydrogen) atoms. The molecule has 0 bridgehead atoms. The van der Waals surface area contributed by atoms with Gasteiger partial charge in [0.25, 0.3) is 0 Å². The second-order valence-electron chi connectivity index (χ2n) is 6.26. The van der Waals surface area contributed by atoms with Crippen LogP contribution in [0.3, 0.4) is 0 Å². The average molecular weight is 324 g/mol. The lowest BCUT2D eigenvalue weighted by molar-refractivity contribution is -0.177. The summed E-state index contributed by atoms with van der Waals surface area (Å²) in [6.07, 6.45) is -1.67. The Morgan fingerprint density at radius 1 is 1.13 bits per heavy atom. The molecule has 5 heteroatoms. The first-order valence-electron chi connectivity index (χ1n) is 8.00. The van der Waals surface area contributed by atoms with E-state index in [2.05, 4.69) is 0 Å². The molecule has 1 rings (SSSR count). The third kappa shape index (κ3) is 8.00. The topological polar surface area (TPSA) is 65.0 Å². The summed E-state index contributed by atoms with van der Waals surface area (Å²) in [6, 6.07) is 7.61. The van der Waals surface area contributed by atoms with Gasteiger partial charge in [0.2, 0.25) is 0 Å². The molecule has 0 aliphatic carbocycles. The maximum atomic E-state index is 11.8. The van der Waals surface area contributed by atoms with Gasteiger partial charge in [-0.05, 0) is 32.9 Å². The Balaban J connectivity index is 2.62. The SMILES string of the molecule is Cc1ccc(OCC(CC(=O)OC(C)C)OC(O)C(C)C)cc1. The number of aryl methyl sites for hydroxylation is 1. The molecule has 0 aliphatic heterocycles. The Morgan fingerprint density at radius 2 is 1.74 bits per heavy atom. The van der Waals surface area contributed by atoms with Gasteiger partial charge in [-0.3, -0.25) is 4.79 Å². The first-order valence-corrected chi connectivity index (χ1v) is 8.00. The van der Waals surface area contributed by atoms with Crippen LogP contribution in [0.4, 0.5) is 0 Å². The van der Waals surface area contributed by atoms with Crippen LogP contribution in [0.2, 0.25) is 0 Å². The van der Waals surface area contributed by atoms with E-state index in [-0.39, 0.29) is 31.0 Å². The molecule has 0 saturated heterocycles. The standard InChI is InChI=1S/C18H28O5/c1-12(2)18(20)23-16(10-17(19)22-13(3)4)11-21-15-8-6-14(5)7-9-15/h6-9,12-13,16,18,20H,10-11H2,1-5H3. The van der Waals surface area contributed by atoms with Crippen LogP contribution in [-0.4, -0.2) is 36.2 Å². The van der Waals surface area contributed by atoms with Crippen LogP contribution in [0.5, 0.6) is 5.75 Å². The van der Waals surface area contributed by atoms with Crippen LogP contribution in [-0.2, 0) is 14.3 Å². The Hall–Kier alpha value is -1.59. The van der Waals surface area contributed by atoms with Crippen molar-refractivity contribution in [2.24, 2.45) is 5.92 Å². The van der Waals surface area contributed by atoms with Crippen LogP contribution >= 0.6 is 0 Å². The van der Waals surface area contributed by atoms with E-state index in [1.54, 1.807) is 13.8 Å². The fourth-order valence-electron chi connectivity index (χ4n) is 1.82. The monoisotopic (exact) mass is 324 g/mol. The minimum Gasteiger partial charge on any atom is -0.491 e. The van der Waals surface area contributed by atoms with Crippen molar-refractivity contribution in [3.63, 3.8) is 0 Å². The molecule has 0 amide bonds. The van der Waals surface area contributed by atoms with Gasteiger partial charge in [0.05, 0.1) is 12.5 Å².